The summed E-state index contributed by atoms with van der Waals surface area (Å²) in [7, 11) is 0. The zero-order valence-corrected chi connectivity index (χ0v) is 14.9. The molecule has 0 atom stereocenters. The van der Waals surface area contributed by atoms with Crippen molar-refractivity contribution in [2.45, 2.75) is 0 Å². The first-order valence-electron chi connectivity index (χ1n) is 0. The first-order chi connectivity index (χ1) is 0. The molecular formula is H4OPbScSr. The zero-order valence-electron chi connectivity index (χ0n) is 2.73. The molecule has 0 aromatic carbocycles. The first kappa shape index (κ1) is 26.9. The van der Waals surface area contributed by atoms with Gasteiger partial charge < -0.3 is 5.48 Å². The Balaban J connectivity index is 0. The van der Waals surface area contributed by atoms with Gasteiger partial charge in [0, 0.05) is 25.8 Å². The van der Waals surface area contributed by atoms with E-state index in [1.165, 1.54) is 0 Å². The Kier molecular flexibility index (Phi) is 110. The molecule has 0 bridgehead atoms. The fourth-order valence-electron chi connectivity index (χ4n) is 0. The van der Waals surface area contributed by atoms with Crippen molar-refractivity contribution in [1.29, 1.82) is 0 Å². The van der Waals surface area contributed by atoms with Crippen LogP contribution in [0.3, 0.4) is 0 Å². The summed E-state index contributed by atoms with van der Waals surface area (Å²) in [4.78, 5) is 0. The molecule has 0 aromatic heterocycles. The summed E-state index contributed by atoms with van der Waals surface area (Å²) in [5.41, 5.74) is 0. The van der Waals surface area contributed by atoms with E-state index in [0.717, 1.165) is 0 Å². The third-order valence-electron chi connectivity index (χ3n) is 0. The zero-order chi connectivity index (χ0) is 0. The summed E-state index contributed by atoms with van der Waals surface area (Å²) in [5, 5.41) is 0. The van der Waals surface area contributed by atoms with E-state index >= 15 is 0 Å². The molecule has 0 saturated heterocycles. The molecule has 0 aliphatic heterocycles. The molecule has 4 heavy (non-hydrogen) atoms. The standard InChI is InChI=1S/H2O.Pb.Sc.Sr.3H/h1H2;;;;;;/q;;;+1;;;/p-1. The molecule has 0 fully saturated rings. The summed E-state index contributed by atoms with van der Waals surface area (Å²) in [6.07, 6.45) is 0. The van der Waals surface area contributed by atoms with Crippen molar-refractivity contribution >= 4 is 72.8 Å². The van der Waals surface area contributed by atoms with Crippen LogP contribution >= 0.6 is 0 Å². The molecule has 0 rings (SSSR count). The van der Waals surface area contributed by atoms with Gasteiger partial charge in [-0.15, -0.1) is 0 Å². The quantitative estimate of drug-likeness (QED) is 0.472. The Morgan fingerprint density at radius 1 is 1.00 bits per heavy atom. The fraction of sp³-hybridized carbons (Fsp3) is 0. The molecule has 0 unspecified atom stereocenters. The molecule has 0 aromatic rings. The maximum absolute atomic E-state index is 0. The van der Waals surface area contributed by atoms with Gasteiger partial charge >= 0.3 is 72.8 Å². The molecule has 0 aliphatic rings. The van der Waals surface area contributed by atoms with E-state index in [1.54, 1.807) is 0 Å². The molecule has 1 nitrogen and oxygen atoms in total. The number of rotatable bonds is 0. The van der Waals surface area contributed by atoms with Gasteiger partial charge in [0.1, 0.15) is 0 Å². The van der Waals surface area contributed by atoms with E-state index in [-0.39, 0.29) is 104 Å². The summed E-state index contributed by atoms with van der Waals surface area (Å²) >= 11 is 0. The van der Waals surface area contributed by atoms with Gasteiger partial charge in [0.2, 0.25) is 0 Å². The average Bonchev–Trinajstić information content (AvgIpc) is 0. The molecule has 0 amide bonds. The SMILES string of the molecule is [OH-].[PbH2].[Sc].[SrH+]. The second-order valence-electron chi connectivity index (χ2n) is 0. The van der Waals surface area contributed by atoms with Gasteiger partial charge in [-0.2, -0.15) is 0 Å². The first-order valence-corrected chi connectivity index (χ1v) is 0. The molecule has 0 aliphatic carbocycles. The Morgan fingerprint density at radius 3 is 1.00 bits per heavy atom. The van der Waals surface area contributed by atoms with E-state index in [4.69, 9.17) is 0 Å². The van der Waals surface area contributed by atoms with Crippen LogP contribution in [0.5, 0.6) is 0 Å². The average molecular weight is 360 g/mol. The van der Waals surface area contributed by atoms with E-state index < -0.39 is 0 Å². The van der Waals surface area contributed by atoms with Crippen LogP contribution in [-0.2, 0) is 25.8 Å². The molecule has 0 spiro atoms. The van der Waals surface area contributed by atoms with Gasteiger partial charge in [0.05, 0.1) is 0 Å². The van der Waals surface area contributed by atoms with E-state index in [9.17, 15) is 0 Å². The maximum atomic E-state index is 0. The molecular weight excluding hydrogens is 356 g/mol. The topological polar surface area (TPSA) is 30.0 Å². The van der Waals surface area contributed by atoms with Crippen LogP contribution in [0.1, 0.15) is 0 Å². The van der Waals surface area contributed by atoms with Crippen molar-refractivity contribution < 1.29 is 31.3 Å². The Hall–Kier alpha value is 3.23. The molecule has 0 saturated carbocycles. The molecule has 4 heteroatoms. The van der Waals surface area contributed by atoms with Gasteiger partial charge in [-0.1, -0.05) is 0 Å². The second-order valence-corrected chi connectivity index (χ2v) is 0. The van der Waals surface area contributed by atoms with E-state index in [0.29, 0.717) is 0 Å². The Morgan fingerprint density at radius 2 is 1.00 bits per heavy atom. The van der Waals surface area contributed by atoms with Crippen molar-refractivity contribution in [3.05, 3.63) is 0 Å². The second kappa shape index (κ2) is 16.3. The third kappa shape index (κ3) is 8.97. The Bertz CT molecular complexity index is 8.00. The van der Waals surface area contributed by atoms with Crippen molar-refractivity contribution in [1.82, 2.24) is 0 Å². The fourth-order valence-corrected chi connectivity index (χ4v) is 0. The minimum atomic E-state index is 0. The normalized spacial score (nSPS) is 0. The van der Waals surface area contributed by atoms with Crippen LogP contribution in [0.4, 0.5) is 0 Å². The van der Waals surface area contributed by atoms with Crippen LogP contribution in [0, 0.1) is 0 Å². The third-order valence-corrected chi connectivity index (χ3v) is 0. The van der Waals surface area contributed by atoms with Crippen molar-refractivity contribution in [3.8, 4) is 0 Å². The van der Waals surface area contributed by atoms with Crippen LogP contribution < -0.4 is 0 Å². The summed E-state index contributed by atoms with van der Waals surface area (Å²) in [5.74, 6) is 0. The molecule has 3 radical (unpaired) electrons. The van der Waals surface area contributed by atoms with E-state index in [1.807, 2.05) is 0 Å². The monoisotopic (exact) mass is 361 g/mol. The molecule has 0 heterocycles. The van der Waals surface area contributed by atoms with Crippen LogP contribution in [0.25, 0.3) is 0 Å². The van der Waals surface area contributed by atoms with Gasteiger partial charge in [0.25, 0.3) is 0 Å². The molecule has 1 N–H and O–H groups in total. The van der Waals surface area contributed by atoms with Crippen molar-refractivity contribution in [2.24, 2.45) is 0 Å². The minimum absolute atomic E-state index is 0. The van der Waals surface area contributed by atoms with Crippen LogP contribution in [-0.4, -0.2) is 78.3 Å². The predicted molar refractivity (Wildman–Crippen MR) is 17.6 cm³/mol. The summed E-state index contributed by atoms with van der Waals surface area (Å²) in [6, 6.07) is 0. The number of hydrogen-bond acceptors (Lipinski definition) is 1. The van der Waals surface area contributed by atoms with Crippen molar-refractivity contribution in [3.63, 3.8) is 0 Å². The van der Waals surface area contributed by atoms with E-state index in [2.05, 4.69) is 0 Å². The Labute approximate surface area is 101 Å². The predicted octanol–water partition coefficient (Wildman–Crippen LogP) is -1.74. The summed E-state index contributed by atoms with van der Waals surface area (Å²) in [6.45, 7) is 0. The summed E-state index contributed by atoms with van der Waals surface area (Å²) < 4.78 is 0. The van der Waals surface area contributed by atoms with Gasteiger partial charge in [-0.3, -0.25) is 0 Å². The van der Waals surface area contributed by atoms with Gasteiger partial charge in [-0.05, 0) is 0 Å². The van der Waals surface area contributed by atoms with Gasteiger partial charge in [0.15, 0.2) is 0 Å². The van der Waals surface area contributed by atoms with Crippen LogP contribution in [0.15, 0.2) is 0 Å². The molecule has 19 valence electrons. The van der Waals surface area contributed by atoms with Crippen LogP contribution in [0.2, 0.25) is 0 Å². The van der Waals surface area contributed by atoms with Crippen molar-refractivity contribution in [2.75, 3.05) is 0 Å². The number of hydrogen-bond donors (Lipinski definition) is 0. The van der Waals surface area contributed by atoms with Gasteiger partial charge in [-0.25, -0.2) is 0 Å².